The molecular weight excluding hydrogens is 785 g/mol. The van der Waals surface area contributed by atoms with Gasteiger partial charge in [-0.1, -0.05) is 113 Å². The molecule has 14 heteroatoms. The molecular formula is C48H50N8O6. The van der Waals surface area contributed by atoms with E-state index in [1.54, 1.807) is 16.0 Å². The summed E-state index contributed by atoms with van der Waals surface area (Å²) in [6.07, 6.45) is 3.49. The van der Waals surface area contributed by atoms with E-state index in [4.69, 9.17) is 19.4 Å². The number of methoxy groups -OCH3 is 2. The van der Waals surface area contributed by atoms with Gasteiger partial charge in [0.15, 0.2) is 0 Å². The molecule has 0 radical (unpaired) electrons. The van der Waals surface area contributed by atoms with Gasteiger partial charge >= 0.3 is 12.2 Å². The van der Waals surface area contributed by atoms with Crippen LogP contribution in [-0.2, 0) is 31.9 Å². The number of H-pyrrole nitrogens is 2. The lowest BCUT2D eigenvalue weighted by Gasteiger charge is -2.30. The smallest absolute Gasteiger partial charge is 0.407 e. The second kappa shape index (κ2) is 17.4. The lowest BCUT2D eigenvalue weighted by molar-refractivity contribution is -0.122. The van der Waals surface area contributed by atoms with E-state index >= 15 is 0 Å². The Balaban J connectivity index is 0.979. The van der Waals surface area contributed by atoms with Crippen molar-refractivity contribution in [2.45, 2.75) is 64.7 Å². The molecule has 4 aromatic carbocycles. The van der Waals surface area contributed by atoms with E-state index in [0.717, 1.165) is 56.1 Å². The number of anilines is 2. The Morgan fingerprint density at radius 3 is 1.56 bits per heavy atom. The highest BCUT2D eigenvalue weighted by Crippen LogP contribution is 2.42. The van der Waals surface area contributed by atoms with Crippen LogP contribution >= 0.6 is 0 Å². The monoisotopic (exact) mass is 834 g/mol. The van der Waals surface area contributed by atoms with Gasteiger partial charge < -0.3 is 30.1 Å². The van der Waals surface area contributed by atoms with Crippen molar-refractivity contribution in [1.29, 1.82) is 0 Å². The number of hydrogen-bond acceptors (Lipinski definition) is 8. The van der Waals surface area contributed by atoms with Crippen LogP contribution in [0.1, 0.15) is 62.6 Å². The van der Waals surface area contributed by atoms with Crippen LogP contribution in [0.4, 0.5) is 21.0 Å². The number of aromatic nitrogens is 4. The zero-order valence-corrected chi connectivity index (χ0v) is 35.5. The second-order valence-electron chi connectivity index (χ2n) is 16.3. The summed E-state index contributed by atoms with van der Waals surface area (Å²) in [4.78, 5) is 72.7. The second-order valence-corrected chi connectivity index (χ2v) is 16.3. The minimum atomic E-state index is -0.788. The van der Waals surface area contributed by atoms with E-state index in [1.165, 1.54) is 14.2 Å². The Morgan fingerprint density at radius 2 is 1.08 bits per heavy atom. The topological polar surface area (TPSA) is 175 Å². The number of para-hydroxylation sites is 2. The number of fused-ring (bicyclic) bond motifs is 2. The maximum Gasteiger partial charge on any atom is 0.407 e. The Hall–Kier alpha value is -7.22. The molecule has 4 atom stereocenters. The number of carbonyl (C=O) groups is 4. The third-order valence-corrected chi connectivity index (χ3v) is 11.7. The minimum Gasteiger partial charge on any atom is -0.453 e. The van der Waals surface area contributed by atoms with Crippen LogP contribution in [0.5, 0.6) is 0 Å². The van der Waals surface area contributed by atoms with E-state index in [9.17, 15) is 19.2 Å². The molecule has 4 heterocycles. The van der Waals surface area contributed by atoms with Crippen molar-refractivity contribution >= 4 is 35.4 Å². The van der Waals surface area contributed by atoms with E-state index in [1.807, 2.05) is 107 Å². The molecule has 0 aliphatic carbocycles. The first kappa shape index (κ1) is 41.5. The summed E-state index contributed by atoms with van der Waals surface area (Å²) in [6, 6.07) is 29.6. The van der Waals surface area contributed by atoms with Crippen LogP contribution in [0.2, 0.25) is 0 Å². The number of hydrogen-bond donors (Lipinski definition) is 4. The van der Waals surface area contributed by atoms with Crippen LogP contribution in [-0.4, -0.2) is 70.2 Å². The Kier molecular flexibility index (Phi) is 11.7. The van der Waals surface area contributed by atoms with E-state index in [0.29, 0.717) is 24.5 Å². The average Bonchev–Trinajstić information content (AvgIpc) is 4.11. The molecule has 2 unspecified atom stereocenters. The van der Waals surface area contributed by atoms with Crippen molar-refractivity contribution in [2.24, 2.45) is 11.8 Å². The van der Waals surface area contributed by atoms with Gasteiger partial charge in [0.25, 0.3) is 11.8 Å². The van der Waals surface area contributed by atoms with Crippen LogP contribution < -0.4 is 20.4 Å². The third kappa shape index (κ3) is 8.03. The highest BCUT2D eigenvalue weighted by atomic mass is 16.5. The Labute approximate surface area is 360 Å². The molecule has 2 aliphatic heterocycles. The fraction of sp³-hybridized carbons (Fsp3) is 0.292. The van der Waals surface area contributed by atoms with Gasteiger partial charge in [0.05, 0.1) is 43.9 Å². The van der Waals surface area contributed by atoms with Crippen LogP contribution in [0.25, 0.3) is 33.6 Å². The quantitative estimate of drug-likeness (QED) is 0.101. The van der Waals surface area contributed by atoms with Gasteiger partial charge in [-0.25, -0.2) is 19.6 Å². The highest BCUT2D eigenvalue weighted by Gasteiger charge is 2.42. The van der Waals surface area contributed by atoms with Gasteiger partial charge in [-0.05, 0) is 51.8 Å². The van der Waals surface area contributed by atoms with Crippen molar-refractivity contribution < 1.29 is 28.7 Å². The summed E-state index contributed by atoms with van der Waals surface area (Å²) >= 11 is 0. The zero-order chi connectivity index (χ0) is 43.7. The predicted molar refractivity (Wildman–Crippen MR) is 236 cm³/mol. The van der Waals surface area contributed by atoms with Crippen LogP contribution in [0.15, 0.2) is 109 Å². The Bertz CT molecular complexity index is 2420. The van der Waals surface area contributed by atoms with E-state index in [-0.39, 0.29) is 35.7 Å². The molecule has 0 fully saturated rings. The predicted octanol–water partition coefficient (Wildman–Crippen LogP) is 8.16. The summed E-state index contributed by atoms with van der Waals surface area (Å²) in [5.41, 5.74) is 9.13. The number of alkyl carbamates (subject to hydrolysis) is 2. The summed E-state index contributed by atoms with van der Waals surface area (Å²) in [7, 11) is 2.57. The number of amides is 4. The van der Waals surface area contributed by atoms with Gasteiger partial charge in [-0.2, -0.15) is 0 Å². The first-order chi connectivity index (χ1) is 29.9. The van der Waals surface area contributed by atoms with Gasteiger partial charge in [0.2, 0.25) is 0 Å². The number of carbonyl (C=O) groups excluding carboxylic acids is 4. The van der Waals surface area contributed by atoms with E-state index < -0.39 is 24.3 Å². The molecule has 8 rings (SSSR count). The first-order valence-corrected chi connectivity index (χ1v) is 20.8. The molecule has 4 amide bonds. The molecule has 0 spiro atoms. The highest BCUT2D eigenvalue weighted by molar-refractivity contribution is 6.02. The number of ether oxygens (including phenoxy) is 2. The average molecular weight is 835 g/mol. The number of benzene rings is 4. The number of nitrogens with one attached hydrogen (secondary N) is 4. The first-order valence-electron chi connectivity index (χ1n) is 20.8. The normalized spacial score (nSPS) is 16.5. The fourth-order valence-corrected chi connectivity index (χ4v) is 8.44. The van der Waals surface area contributed by atoms with Gasteiger partial charge in [0, 0.05) is 36.0 Å². The molecule has 318 valence electrons. The SMILES string of the molecule is COC(=O)NC(C(=O)N1c2ccccc2C[C@H]1c1nc(-c2ccc(-c3ccc(-c4cnc([C@@H]5Cc6ccccc6N5C(=O)C(NC(=O)OC)C(C)C)[nH]4)cc3)cc2)c[nH]1)C(C)C. The van der Waals surface area contributed by atoms with Gasteiger partial charge in [-0.15, -0.1) is 0 Å². The number of rotatable bonds is 11. The summed E-state index contributed by atoms with van der Waals surface area (Å²) in [5.74, 6) is 0.488. The number of imidazole rings is 2. The van der Waals surface area contributed by atoms with Crippen LogP contribution in [0, 0.1) is 11.8 Å². The molecule has 62 heavy (non-hydrogen) atoms. The molecule has 6 aromatic rings. The molecule has 0 saturated carbocycles. The summed E-state index contributed by atoms with van der Waals surface area (Å²) in [6.45, 7) is 7.56. The largest absolute Gasteiger partial charge is 0.453 e. The van der Waals surface area contributed by atoms with Crippen LogP contribution in [0.3, 0.4) is 0 Å². The van der Waals surface area contributed by atoms with E-state index in [2.05, 4.69) is 44.9 Å². The lowest BCUT2D eigenvalue weighted by Crippen LogP contribution is -2.51. The van der Waals surface area contributed by atoms with Gasteiger partial charge in [-0.3, -0.25) is 19.4 Å². The summed E-state index contributed by atoms with van der Waals surface area (Å²) < 4.78 is 9.66. The summed E-state index contributed by atoms with van der Waals surface area (Å²) in [5, 5.41) is 5.45. The molecule has 4 N–H and O–H groups in total. The van der Waals surface area contributed by atoms with Crippen molar-refractivity contribution in [3.8, 4) is 33.6 Å². The molecule has 14 nitrogen and oxygen atoms in total. The molecule has 2 aliphatic rings. The fourth-order valence-electron chi connectivity index (χ4n) is 8.44. The van der Waals surface area contributed by atoms with Gasteiger partial charge in [0.1, 0.15) is 23.7 Å². The number of aromatic amines is 2. The third-order valence-electron chi connectivity index (χ3n) is 11.7. The van der Waals surface area contributed by atoms with Crippen molar-refractivity contribution in [2.75, 3.05) is 24.0 Å². The lowest BCUT2D eigenvalue weighted by atomic mass is 10.0. The maximum atomic E-state index is 14.1. The van der Waals surface area contributed by atoms with Crippen molar-refractivity contribution in [3.63, 3.8) is 0 Å². The van der Waals surface area contributed by atoms with Crippen molar-refractivity contribution in [1.82, 2.24) is 30.6 Å². The maximum absolute atomic E-state index is 14.1. The standard InChI is InChI=1S/C48H50N8O6/c1-27(2)41(53-47(59)61-5)45(57)55-37-13-9-7-11-33(37)23-39(55)43-49-25-35(51-43)31-19-15-29(16-20-31)30-17-21-32(22-18-30)36-26-50-44(52-36)40-24-34-12-8-10-14-38(34)56(40)46(58)42(28(3)4)54-48(60)62-6/h7-22,25-28,39-42H,23-24H2,1-6H3,(H,49,51)(H,50,52)(H,53,59)(H,54,60)/t39-,40-,41?,42?/m0/s1. The Morgan fingerprint density at radius 1 is 0.629 bits per heavy atom. The molecule has 0 saturated heterocycles. The van der Waals surface area contributed by atoms with Crippen molar-refractivity contribution in [3.05, 3.63) is 132 Å². The molecule has 2 aromatic heterocycles. The minimum absolute atomic E-state index is 0.177. The zero-order valence-electron chi connectivity index (χ0n) is 35.5. The number of nitrogens with zero attached hydrogens (tertiary/aromatic N) is 4. The molecule has 0 bridgehead atoms.